The third kappa shape index (κ3) is 4.66. The van der Waals surface area contributed by atoms with Crippen molar-refractivity contribution in [3.63, 3.8) is 0 Å². The summed E-state index contributed by atoms with van der Waals surface area (Å²) in [5, 5.41) is 16.1. The maximum Gasteiger partial charge on any atom is 0.290 e. The van der Waals surface area contributed by atoms with Gasteiger partial charge in [-0.15, -0.1) is 0 Å². The normalized spacial score (nSPS) is 15.3. The van der Waals surface area contributed by atoms with E-state index in [-0.39, 0.29) is 12.5 Å². The minimum atomic E-state index is -0.250. The Morgan fingerprint density at radius 2 is 1.76 bits per heavy atom. The molecule has 6 heteroatoms. The molecule has 3 heterocycles. The van der Waals surface area contributed by atoms with Gasteiger partial charge >= 0.3 is 0 Å². The zero-order valence-corrected chi connectivity index (χ0v) is 19.2. The Labute approximate surface area is 199 Å². The summed E-state index contributed by atoms with van der Waals surface area (Å²) in [6.45, 7) is 3.78. The number of carboxylic acid groups (broad SMARTS) is 1. The minimum absolute atomic E-state index is 0.221. The first-order chi connectivity index (χ1) is 16.5. The number of pyridine rings is 1. The van der Waals surface area contributed by atoms with Crippen LogP contribution >= 0.6 is 0 Å². The molecule has 0 unspecified atom stereocenters. The van der Waals surface area contributed by atoms with Crippen molar-refractivity contribution >= 4 is 17.7 Å². The van der Waals surface area contributed by atoms with Crippen LogP contribution in [-0.4, -0.2) is 35.1 Å². The summed E-state index contributed by atoms with van der Waals surface area (Å²) in [7, 11) is 0. The second kappa shape index (κ2) is 10.2. The van der Waals surface area contributed by atoms with Gasteiger partial charge in [0.05, 0.1) is 28.5 Å². The highest BCUT2D eigenvalue weighted by Gasteiger charge is 2.22. The monoisotopic (exact) mass is 452 g/mol. The first kappa shape index (κ1) is 23.1. The van der Waals surface area contributed by atoms with Gasteiger partial charge in [-0.25, -0.2) is 0 Å². The SMILES string of the molecule is Cc1ccc(-c2c(-c3ccc(C#N)cc3)cc3c(N4CCC[C@@H](N)C4)cccn23)cc1.O=CO. The summed E-state index contributed by atoms with van der Waals surface area (Å²) in [6.07, 6.45) is 4.35. The maximum absolute atomic E-state index is 9.20. The number of rotatable bonds is 3. The number of aryl methyl sites for hydroxylation is 1. The average Bonchev–Trinajstić information content (AvgIpc) is 3.25. The van der Waals surface area contributed by atoms with Crippen LogP contribution in [0.2, 0.25) is 0 Å². The number of carbonyl (C=O) groups is 1. The number of hydrogen-bond acceptors (Lipinski definition) is 4. The van der Waals surface area contributed by atoms with Crippen LogP contribution in [0.1, 0.15) is 24.0 Å². The maximum atomic E-state index is 9.20. The third-order valence-corrected chi connectivity index (χ3v) is 6.24. The highest BCUT2D eigenvalue weighted by atomic mass is 16.3. The van der Waals surface area contributed by atoms with Crippen molar-refractivity contribution in [2.45, 2.75) is 25.8 Å². The van der Waals surface area contributed by atoms with E-state index in [2.05, 4.69) is 71.0 Å². The van der Waals surface area contributed by atoms with E-state index in [1.54, 1.807) is 0 Å². The number of piperidine rings is 1. The van der Waals surface area contributed by atoms with Gasteiger partial charge in [0.2, 0.25) is 0 Å². The fourth-order valence-corrected chi connectivity index (χ4v) is 4.63. The molecule has 0 saturated carbocycles. The highest BCUT2D eigenvalue weighted by Crippen LogP contribution is 2.39. The molecule has 0 aliphatic carbocycles. The number of nitrogens with two attached hydrogens (primary N) is 1. The van der Waals surface area contributed by atoms with Gasteiger partial charge in [-0.2, -0.15) is 5.26 Å². The van der Waals surface area contributed by atoms with E-state index >= 15 is 0 Å². The number of fused-ring (bicyclic) bond motifs is 1. The second-order valence-electron chi connectivity index (χ2n) is 8.56. The van der Waals surface area contributed by atoms with Crippen LogP contribution in [0.15, 0.2) is 72.9 Å². The molecule has 1 fully saturated rings. The van der Waals surface area contributed by atoms with Crippen LogP contribution < -0.4 is 10.6 Å². The topological polar surface area (TPSA) is 94.8 Å². The van der Waals surface area contributed by atoms with Crippen molar-refractivity contribution in [1.82, 2.24) is 4.40 Å². The van der Waals surface area contributed by atoms with Gasteiger partial charge < -0.3 is 20.1 Å². The van der Waals surface area contributed by atoms with Crippen molar-refractivity contribution in [2.75, 3.05) is 18.0 Å². The van der Waals surface area contributed by atoms with Gasteiger partial charge in [0.1, 0.15) is 0 Å². The first-order valence-corrected chi connectivity index (χ1v) is 11.4. The van der Waals surface area contributed by atoms with Crippen molar-refractivity contribution in [3.05, 3.63) is 84.1 Å². The molecule has 6 nitrogen and oxygen atoms in total. The molecular weight excluding hydrogens is 424 g/mol. The Bertz CT molecular complexity index is 1320. The molecule has 4 aromatic rings. The van der Waals surface area contributed by atoms with Gasteiger partial charge in [0.15, 0.2) is 0 Å². The van der Waals surface area contributed by atoms with E-state index in [0.29, 0.717) is 5.56 Å². The van der Waals surface area contributed by atoms with E-state index in [0.717, 1.165) is 31.5 Å². The Balaban J connectivity index is 0.000000868. The van der Waals surface area contributed by atoms with Crippen molar-refractivity contribution in [2.24, 2.45) is 5.73 Å². The summed E-state index contributed by atoms with van der Waals surface area (Å²) in [5.74, 6) is 0. The quantitative estimate of drug-likeness (QED) is 0.423. The zero-order valence-electron chi connectivity index (χ0n) is 19.2. The number of nitriles is 1. The van der Waals surface area contributed by atoms with Gasteiger partial charge in [0.25, 0.3) is 6.47 Å². The smallest absolute Gasteiger partial charge is 0.290 e. The Morgan fingerprint density at radius 3 is 2.41 bits per heavy atom. The molecule has 0 radical (unpaired) electrons. The third-order valence-electron chi connectivity index (χ3n) is 6.24. The fourth-order valence-electron chi connectivity index (χ4n) is 4.63. The molecule has 1 aliphatic heterocycles. The van der Waals surface area contributed by atoms with Gasteiger partial charge in [-0.3, -0.25) is 4.79 Å². The molecule has 0 spiro atoms. The molecule has 34 heavy (non-hydrogen) atoms. The molecule has 172 valence electrons. The fraction of sp³-hybridized carbons (Fsp3) is 0.214. The Morgan fingerprint density at radius 1 is 1.09 bits per heavy atom. The predicted molar refractivity (Wildman–Crippen MR) is 136 cm³/mol. The number of anilines is 1. The van der Waals surface area contributed by atoms with E-state index in [4.69, 9.17) is 15.6 Å². The summed E-state index contributed by atoms with van der Waals surface area (Å²) in [5.41, 5.74) is 15.2. The molecule has 0 amide bonds. The van der Waals surface area contributed by atoms with Crippen LogP contribution in [-0.2, 0) is 4.79 Å². The standard InChI is InChI=1S/C27H26N4.CH2O2/c1-19-6-10-22(11-7-19)27-24(21-12-8-20(17-28)9-13-21)16-26-25(5-3-15-31(26)27)30-14-2-4-23(29)18-30;2-1-3/h3,5-13,15-16,23H,2,4,14,18,29H2,1H3;1H,(H,2,3)/t23-;/m1./s1. The molecule has 1 saturated heterocycles. The van der Waals surface area contributed by atoms with Crippen LogP contribution in [0.4, 0.5) is 5.69 Å². The lowest BCUT2D eigenvalue weighted by atomic mass is 10.00. The minimum Gasteiger partial charge on any atom is -0.483 e. The molecule has 1 aliphatic rings. The van der Waals surface area contributed by atoms with Crippen LogP contribution in [0.3, 0.4) is 0 Å². The van der Waals surface area contributed by atoms with Crippen LogP contribution in [0, 0.1) is 18.3 Å². The molecule has 1 atom stereocenters. The van der Waals surface area contributed by atoms with E-state index in [9.17, 15) is 5.26 Å². The number of aromatic nitrogens is 1. The number of hydrogen-bond donors (Lipinski definition) is 2. The second-order valence-corrected chi connectivity index (χ2v) is 8.56. The van der Waals surface area contributed by atoms with Gasteiger partial charge in [-0.05, 0) is 61.2 Å². The first-order valence-electron chi connectivity index (χ1n) is 11.4. The summed E-state index contributed by atoms with van der Waals surface area (Å²) >= 11 is 0. The lowest BCUT2D eigenvalue weighted by Crippen LogP contribution is -2.42. The summed E-state index contributed by atoms with van der Waals surface area (Å²) < 4.78 is 2.30. The van der Waals surface area contributed by atoms with Crippen molar-refractivity contribution in [3.8, 4) is 28.5 Å². The number of nitrogens with zero attached hydrogens (tertiary/aromatic N) is 3. The summed E-state index contributed by atoms with van der Waals surface area (Å²) in [6, 6.07) is 25.6. The Hall–Kier alpha value is -4.08. The largest absolute Gasteiger partial charge is 0.483 e. The molecule has 0 bridgehead atoms. The van der Waals surface area contributed by atoms with Crippen molar-refractivity contribution in [1.29, 1.82) is 5.26 Å². The molecule has 2 aromatic carbocycles. The molecule has 3 N–H and O–H groups in total. The molecular formula is C28H28N4O2. The van der Waals surface area contributed by atoms with E-state index in [1.165, 1.54) is 33.6 Å². The average molecular weight is 453 g/mol. The molecule has 5 rings (SSSR count). The highest BCUT2D eigenvalue weighted by molar-refractivity contribution is 5.91. The van der Waals surface area contributed by atoms with Gasteiger partial charge in [-0.1, -0.05) is 42.0 Å². The molecule has 2 aromatic heterocycles. The Kier molecular flexibility index (Phi) is 6.95. The zero-order chi connectivity index (χ0) is 24.1. The van der Waals surface area contributed by atoms with E-state index in [1.807, 2.05) is 24.3 Å². The lowest BCUT2D eigenvalue weighted by Gasteiger charge is -2.33. The van der Waals surface area contributed by atoms with Crippen molar-refractivity contribution < 1.29 is 9.90 Å². The van der Waals surface area contributed by atoms with E-state index < -0.39 is 0 Å². The number of benzene rings is 2. The predicted octanol–water partition coefficient (Wildman–Crippen LogP) is 5.08. The van der Waals surface area contributed by atoms with Crippen LogP contribution in [0.25, 0.3) is 27.9 Å². The van der Waals surface area contributed by atoms with Crippen LogP contribution in [0.5, 0.6) is 0 Å². The summed E-state index contributed by atoms with van der Waals surface area (Å²) in [4.78, 5) is 10.8. The lowest BCUT2D eigenvalue weighted by molar-refractivity contribution is -0.122. The van der Waals surface area contributed by atoms with Gasteiger partial charge in [0, 0.05) is 30.9 Å².